The van der Waals surface area contributed by atoms with Crippen molar-refractivity contribution >= 4 is 28.8 Å². The van der Waals surface area contributed by atoms with Crippen molar-refractivity contribution < 1.29 is 18.7 Å². The minimum absolute atomic E-state index is 0.242. The number of oxazole rings is 1. The zero-order valence-corrected chi connectivity index (χ0v) is 18.0. The van der Waals surface area contributed by atoms with Gasteiger partial charge < -0.3 is 19.8 Å². The van der Waals surface area contributed by atoms with Crippen molar-refractivity contribution in [3.63, 3.8) is 0 Å². The number of para-hydroxylation sites is 1. The molecule has 0 aliphatic rings. The first kappa shape index (κ1) is 21.1. The molecule has 9 nitrogen and oxygen atoms in total. The molecule has 0 unspecified atom stereocenters. The first-order valence-corrected chi connectivity index (χ1v) is 10.0. The third-order valence-electron chi connectivity index (χ3n) is 4.53. The van der Waals surface area contributed by atoms with Crippen LogP contribution in [-0.4, -0.2) is 32.3 Å². The Morgan fingerprint density at radius 3 is 2.59 bits per heavy atom. The number of fused-ring (bicyclic) bond motifs is 1. The van der Waals surface area contributed by atoms with Crippen molar-refractivity contribution in [1.82, 2.24) is 19.9 Å². The molecule has 164 valence electrons. The zero-order chi connectivity index (χ0) is 22.7. The molecule has 0 bridgehead atoms. The molecule has 9 heteroatoms. The zero-order valence-electron chi connectivity index (χ0n) is 18.0. The number of nitrogens with zero attached hydrogens (tertiary/aromatic N) is 3. The van der Waals surface area contributed by atoms with Crippen LogP contribution in [0.5, 0.6) is 0 Å². The maximum absolute atomic E-state index is 12.5. The van der Waals surface area contributed by atoms with Crippen molar-refractivity contribution in [1.29, 1.82) is 0 Å². The summed E-state index contributed by atoms with van der Waals surface area (Å²) in [7, 11) is 0. The molecule has 4 rings (SSSR count). The summed E-state index contributed by atoms with van der Waals surface area (Å²) in [4.78, 5) is 32.8. The van der Waals surface area contributed by atoms with Gasteiger partial charge in [-0.2, -0.15) is 0 Å². The smallest absolute Gasteiger partial charge is 0.420 e. The van der Waals surface area contributed by atoms with Crippen LogP contribution in [0.15, 0.2) is 65.8 Å². The monoisotopic (exact) mass is 433 g/mol. The van der Waals surface area contributed by atoms with Gasteiger partial charge in [0.2, 0.25) is 0 Å². The second-order valence-corrected chi connectivity index (χ2v) is 8.12. The summed E-state index contributed by atoms with van der Waals surface area (Å²) in [6.07, 6.45) is 3.84. The van der Waals surface area contributed by atoms with Crippen LogP contribution in [0.4, 0.5) is 15.3 Å². The van der Waals surface area contributed by atoms with E-state index in [-0.39, 0.29) is 12.6 Å². The molecule has 0 saturated carbocycles. The van der Waals surface area contributed by atoms with Gasteiger partial charge in [0.15, 0.2) is 6.39 Å². The molecule has 2 heterocycles. The van der Waals surface area contributed by atoms with Gasteiger partial charge in [-0.25, -0.2) is 24.1 Å². The highest BCUT2D eigenvalue weighted by atomic mass is 16.6. The molecule has 0 saturated heterocycles. The highest BCUT2D eigenvalue weighted by Crippen LogP contribution is 2.29. The summed E-state index contributed by atoms with van der Waals surface area (Å²) in [6, 6.07) is 12.6. The van der Waals surface area contributed by atoms with E-state index in [1.165, 1.54) is 17.3 Å². The third-order valence-corrected chi connectivity index (χ3v) is 4.53. The van der Waals surface area contributed by atoms with Crippen LogP contribution in [0.3, 0.4) is 0 Å². The lowest BCUT2D eigenvalue weighted by molar-refractivity contribution is 0.0543. The molecular formula is C23H23N5O4. The van der Waals surface area contributed by atoms with Crippen LogP contribution in [0.25, 0.3) is 22.2 Å². The summed E-state index contributed by atoms with van der Waals surface area (Å²) < 4.78 is 11.9. The Morgan fingerprint density at radius 1 is 1.12 bits per heavy atom. The largest absolute Gasteiger partial charge is 0.447 e. The first-order valence-electron chi connectivity index (χ1n) is 10.0. The highest BCUT2D eigenvalue weighted by molar-refractivity contribution is 5.96. The number of carbonyl (C=O) groups excluding carboxylic acids is 2. The van der Waals surface area contributed by atoms with Crippen LogP contribution < -0.4 is 10.6 Å². The molecule has 2 amide bonds. The molecule has 0 aliphatic carbocycles. The first-order chi connectivity index (χ1) is 15.3. The van der Waals surface area contributed by atoms with E-state index in [0.717, 1.165) is 11.1 Å². The standard InChI is InChI=1S/C23H23N5O4/c1-23(2,3)32-22(30)28-13-26-20-18(5-4-6-19(20)28)15-7-9-16(10-8-15)27-21(29)25-12-17-11-24-14-31-17/h4-11,13-14H,12H2,1-3H3,(H2,25,27,29). The number of urea groups is 1. The van der Waals surface area contributed by atoms with Crippen molar-refractivity contribution in [3.05, 3.63) is 67.1 Å². The van der Waals surface area contributed by atoms with Crippen LogP contribution in [0, 0.1) is 0 Å². The number of carbonyl (C=O) groups is 2. The van der Waals surface area contributed by atoms with E-state index in [0.29, 0.717) is 22.5 Å². The molecule has 4 aromatic rings. The number of hydrogen-bond acceptors (Lipinski definition) is 6. The quantitative estimate of drug-likeness (QED) is 0.478. The van der Waals surface area contributed by atoms with E-state index in [1.807, 2.05) is 51.1 Å². The lowest BCUT2D eigenvalue weighted by Gasteiger charge is -2.19. The fourth-order valence-corrected chi connectivity index (χ4v) is 3.13. The molecular weight excluding hydrogens is 410 g/mol. The van der Waals surface area contributed by atoms with Crippen LogP contribution >= 0.6 is 0 Å². The average molecular weight is 433 g/mol. The second kappa shape index (κ2) is 8.54. The number of hydrogen-bond donors (Lipinski definition) is 2. The predicted molar refractivity (Wildman–Crippen MR) is 119 cm³/mol. The second-order valence-electron chi connectivity index (χ2n) is 8.12. The van der Waals surface area contributed by atoms with E-state index in [2.05, 4.69) is 20.6 Å². The Bertz CT molecular complexity index is 1240. The van der Waals surface area contributed by atoms with Gasteiger partial charge >= 0.3 is 12.1 Å². The number of amides is 2. The van der Waals surface area contributed by atoms with Gasteiger partial charge in [0.05, 0.1) is 23.8 Å². The van der Waals surface area contributed by atoms with E-state index < -0.39 is 11.7 Å². The third kappa shape index (κ3) is 4.77. The van der Waals surface area contributed by atoms with E-state index in [4.69, 9.17) is 9.15 Å². The van der Waals surface area contributed by atoms with Crippen molar-refractivity contribution in [2.75, 3.05) is 5.32 Å². The fourth-order valence-electron chi connectivity index (χ4n) is 3.13. The van der Waals surface area contributed by atoms with Crippen LogP contribution in [0.2, 0.25) is 0 Å². The summed E-state index contributed by atoms with van der Waals surface area (Å²) >= 11 is 0. The highest BCUT2D eigenvalue weighted by Gasteiger charge is 2.20. The molecule has 2 aromatic carbocycles. The number of rotatable bonds is 4. The number of aromatic nitrogens is 3. The van der Waals surface area contributed by atoms with Gasteiger partial charge in [0, 0.05) is 11.3 Å². The molecule has 32 heavy (non-hydrogen) atoms. The minimum atomic E-state index is -0.602. The Labute approximate surface area is 184 Å². The van der Waals surface area contributed by atoms with Gasteiger partial charge in [-0.3, -0.25) is 0 Å². The summed E-state index contributed by atoms with van der Waals surface area (Å²) in [5.41, 5.74) is 3.14. The van der Waals surface area contributed by atoms with Gasteiger partial charge in [-0.1, -0.05) is 24.3 Å². The molecule has 0 atom stereocenters. The summed E-state index contributed by atoms with van der Waals surface area (Å²) in [5.74, 6) is 0.564. The Morgan fingerprint density at radius 2 is 1.91 bits per heavy atom. The Hall–Kier alpha value is -4.14. The summed E-state index contributed by atoms with van der Waals surface area (Å²) in [5, 5.41) is 5.46. The van der Waals surface area contributed by atoms with Gasteiger partial charge in [0.25, 0.3) is 0 Å². The molecule has 2 N–H and O–H groups in total. The topological polar surface area (TPSA) is 111 Å². The van der Waals surface area contributed by atoms with Crippen LogP contribution in [-0.2, 0) is 11.3 Å². The normalized spacial score (nSPS) is 11.3. The van der Waals surface area contributed by atoms with E-state index in [1.54, 1.807) is 18.3 Å². The average Bonchev–Trinajstić information content (AvgIpc) is 3.41. The van der Waals surface area contributed by atoms with Gasteiger partial charge in [-0.15, -0.1) is 0 Å². The maximum atomic E-state index is 12.5. The number of benzene rings is 2. The summed E-state index contributed by atoms with van der Waals surface area (Å²) in [6.45, 7) is 5.70. The lowest BCUT2D eigenvalue weighted by atomic mass is 10.0. The predicted octanol–water partition coefficient (Wildman–Crippen LogP) is 4.80. The fraction of sp³-hybridized carbons (Fsp3) is 0.217. The number of anilines is 1. The Kier molecular flexibility index (Phi) is 5.63. The van der Waals surface area contributed by atoms with Crippen molar-refractivity contribution in [2.24, 2.45) is 0 Å². The number of ether oxygens (including phenoxy) is 1. The van der Waals surface area contributed by atoms with Crippen molar-refractivity contribution in [3.8, 4) is 11.1 Å². The van der Waals surface area contributed by atoms with E-state index in [9.17, 15) is 9.59 Å². The van der Waals surface area contributed by atoms with Gasteiger partial charge in [0.1, 0.15) is 17.7 Å². The number of imidazole rings is 1. The van der Waals surface area contributed by atoms with Gasteiger partial charge in [-0.05, 0) is 44.5 Å². The maximum Gasteiger partial charge on any atom is 0.420 e. The molecule has 2 aromatic heterocycles. The molecule has 0 fully saturated rings. The Balaban J connectivity index is 1.49. The number of nitrogens with one attached hydrogen (secondary N) is 2. The van der Waals surface area contributed by atoms with Crippen molar-refractivity contribution in [2.45, 2.75) is 32.9 Å². The minimum Gasteiger partial charge on any atom is -0.447 e. The molecule has 0 spiro atoms. The van der Waals surface area contributed by atoms with E-state index >= 15 is 0 Å². The SMILES string of the molecule is CC(C)(C)OC(=O)n1cnc2c(-c3ccc(NC(=O)NCc4cnco4)cc3)cccc21. The van der Waals surface area contributed by atoms with Crippen LogP contribution in [0.1, 0.15) is 26.5 Å². The molecule has 0 radical (unpaired) electrons. The lowest BCUT2D eigenvalue weighted by Crippen LogP contribution is -2.27. The molecule has 0 aliphatic heterocycles.